The van der Waals surface area contributed by atoms with Gasteiger partial charge in [0.15, 0.2) is 9.84 Å². The number of aryl methyl sites for hydroxylation is 1. The molecular weight excluding hydrogens is 364 g/mol. The van der Waals surface area contributed by atoms with Crippen LogP contribution in [0.25, 0.3) is 0 Å². The first kappa shape index (κ1) is 18.0. The van der Waals surface area contributed by atoms with Crippen LogP contribution in [0.1, 0.15) is 48.9 Å². The van der Waals surface area contributed by atoms with E-state index < -0.39 is 9.84 Å². The predicted octanol–water partition coefficient (Wildman–Crippen LogP) is 2.27. The Labute approximate surface area is 158 Å². The molecule has 2 aliphatic rings. The summed E-state index contributed by atoms with van der Waals surface area (Å²) >= 11 is 0. The van der Waals surface area contributed by atoms with Gasteiger partial charge in [0.1, 0.15) is 5.82 Å². The molecule has 27 heavy (non-hydrogen) atoms. The van der Waals surface area contributed by atoms with Crippen molar-refractivity contribution in [2.45, 2.75) is 44.1 Å². The normalized spacial score (nSPS) is 21.3. The van der Waals surface area contributed by atoms with E-state index in [4.69, 9.17) is 5.73 Å². The van der Waals surface area contributed by atoms with Gasteiger partial charge in [0.25, 0.3) is 0 Å². The van der Waals surface area contributed by atoms with E-state index in [-0.39, 0.29) is 23.5 Å². The number of carbonyl (C=O) groups is 1. The number of hydrogen-bond acceptors (Lipinski definition) is 5. The maximum absolute atomic E-state index is 12.5. The third-order valence-corrected chi connectivity index (χ3v) is 7.00. The lowest BCUT2D eigenvalue weighted by atomic mass is 10.1. The fourth-order valence-corrected chi connectivity index (χ4v) is 5.24. The van der Waals surface area contributed by atoms with Crippen LogP contribution in [0.15, 0.2) is 30.3 Å². The molecule has 1 saturated carbocycles. The Kier molecular flexibility index (Phi) is 4.67. The maximum atomic E-state index is 12.5. The first-order chi connectivity index (χ1) is 12.9. The number of nitrogens with zero attached hydrogens (tertiary/aromatic N) is 2. The van der Waals surface area contributed by atoms with Crippen LogP contribution in [0.4, 0.5) is 11.5 Å². The number of nitrogens with two attached hydrogens (primary N) is 1. The third kappa shape index (κ3) is 4.16. The van der Waals surface area contributed by atoms with Crippen molar-refractivity contribution in [1.82, 2.24) is 9.78 Å². The van der Waals surface area contributed by atoms with Gasteiger partial charge in [-0.05, 0) is 37.3 Å². The smallest absolute Gasteiger partial charge is 0.225 e. The van der Waals surface area contributed by atoms with Crippen molar-refractivity contribution >= 4 is 27.2 Å². The molecule has 8 heteroatoms. The van der Waals surface area contributed by atoms with Gasteiger partial charge in [0.05, 0.1) is 23.2 Å². The van der Waals surface area contributed by atoms with Crippen molar-refractivity contribution < 1.29 is 13.2 Å². The van der Waals surface area contributed by atoms with Crippen LogP contribution >= 0.6 is 0 Å². The van der Waals surface area contributed by atoms with Gasteiger partial charge >= 0.3 is 0 Å². The summed E-state index contributed by atoms with van der Waals surface area (Å²) in [6.07, 6.45) is 3.60. The van der Waals surface area contributed by atoms with Gasteiger partial charge in [-0.15, -0.1) is 0 Å². The highest BCUT2D eigenvalue weighted by atomic mass is 32.2. The predicted molar refractivity (Wildman–Crippen MR) is 104 cm³/mol. The van der Waals surface area contributed by atoms with Crippen molar-refractivity contribution in [2.24, 2.45) is 0 Å². The maximum Gasteiger partial charge on any atom is 0.225 e. The molecule has 2 fully saturated rings. The molecule has 2 heterocycles. The van der Waals surface area contributed by atoms with E-state index in [2.05, 4.69) is 10.4 Å². The molecule has 1 unspecified atom stereocenters. The summed E-state index contributed by atoms with van der Waals surface area (Å²) in [5, 5.41) is 7.56. The summed E-state index contributed by atoms with van der Waals surface area (Å²) in [7, 11) is -3.02. The Hall–Kier alpha value is -2.35. The van der Waals surface area contributed by atoms with E-state index >= 15 is 0 Å². The van der Waals surface area contributed by atoms with Gasteiger partial charge in [-0.1, -0.05) is 18.2 Å². The lowest BCUT2D eigenvalue weighted by Crippen LogP contribution is -2.19. The molecule has 1 amide bonds. The number of hydrogen-bond donors (Lipinski definition) is 2. The second kappa shape index (κ2) is 6.99. The van der Waals surface area contributed by atoms with E-state index in [1.807, 2.05) is 30.3 Å². The minimum absolute atomic E-state index is 0.0855. The summed E-state index contributed by atoms with van der Waals surface area (Å²) in [5.41, 5.74) is 8.51. The van der Waals surface area contributed by atoms with Gasteiger partial charge in [0.2, 0.25) is 5.91 Å². The number of para-hydroxylation sites is 1. The Balaban J connectivity index is 1.47. The number of carbonyl (C=O) groups excluding carboxylic acids is 1. The molecule has 0 bridgehead atoms. The monoisotopic (exact) mass is 388 g/mol. The molecule has 1 aromatic heterocycles. The first-order valence-electron chi connectivity index (χ1n) is 9.34. The lowest BCUT2D eigenvalue weighted by Gasteiger charge is -2.14. The second-order valence-electron chi connectivity index (χ2n) is 7.48. The van der Waals surface area contributed by atoms with Crippen LogP contribution in [-0.4, -0.2) is 35.6 Å². The number of benzene rings is 1. The zero-order chi connectivity index (χ0) is 19.0. The highest BCUT2D eigenvalue weighted by molar-refractivity contribution is 7.91. The van der Waals surface area contributed by atoms with E-state index in [1.165, 1.54) is 0 Å². The Bertz CT molecular complexity index is 963. The molecule has 0 spiro atoms. The molecule has 2 aromatic rings. The zero-order valence-electron chi connectivity index (χ0n) is 15.1. The Morgan fingerprint density at radius 2 is 2.04 bits per heavy atom. The highest BCUT2D eigenvalue weighted by Crippen LogP contribution is 2.41. The van der Waals surface area contributed by atoms with Gasteiger partial charge in [0, 0.05) is 24.1 Å². The number of amides is 1. The second-order valence-corrected chi connectivity index (χ2v) is 9.71. The van der Waals surface area contributed by atoms with E-state index in [9.17, 15) is 13.2 Å². The van der Waals surface area contributed by atoms with Crippen LogP contribution in [0, 0.1) is 0 Å². The third-order valence-electron chi connectivity index (χ3n) is 5.25. The number of nitrogens with one attached hydrogen (secondary N) is 1. The van der Waals surface area contributed by atoms with Crippen LogP contribution < -0.4 is 11.1 Å². The van der Waals surface area contributed by atoms with Crippen LogP contribution in [0.5, 0.6) is 0 Å². The van der Waals surface area contributed by atoms with Crippen molar-refractivity contribution in [2.75, 3.05) is 22.6 Å². The van der Waals surface area contributed by atoms with Crippen molar-refractivity contribution in [3.8, 4) is 0 Å². The van der Waals surface area contributed by atoms with Crippen LogP contribution in [0.3, 0.4) is 0 Å². The van der Waals surface area contributed by atoms with Crippen molar-refractivity contribution in [3.63, 3.8) is 0 Å². The van der Waals surface area contributed by atoms with Crippen LogP contribution in [-0.2, 0) is 21.1 Å². The summed E-state index contributed by atoms with van der Waals surface area (Å²) in [6.45, 7) is 0. The molecule has 4 rings (SSSR count). The van der Waals surface area contributed by atoms with Gasteiger partial charge in [-0.3, -0.25) is 4.79 Å². The quantitative estimate of drug-likeness (QED) is 0.738. The summed E-state index contributed by atoms with van der Waals surface area (Å²) in [4.78, 5) is 12.5. The molecular formula is C19H24N4O3S. The number of aromatic nitrogens is 2. The fraction of sp³-hybridized carbons (Fsp3) is 0.474. The average molecular weight is 388 g/mol. The number of rotatable bonds is 6. The van der Waals surface area contributed by atoms with E-state index in [1.54, 1.807) is 4.68 Å². The number of anilines is 2. The molecule has 7 nitrogen and oxygen atoms in total. The van der Waals surface area contributed by atoms with Crippen LogP contribution in [0.2, 0.25) is 0 Å². The highest BCUT2D eigenvalue weighted by Gasteiger charge is 2.34. The lowest BCUT2D eigenvalue weighted by molar-refractivity contribution is -0.116. The summed E-state index contributed by atoms with van der Waals surface area (Å²) in [6, 6.07) is 9.21. The van der Waals surface area contributed by atoms with Gasteiger partial charge < -0.3 is 11.1 Å². The molecule has 1 aliphatic heterocycles. The van der Waals surface area contributed by atoms with Gasteiger partial charge in [-0.25, -0.2) is 13.1 Å². The van der Waals surface area contributed by atoms with Crippen molar-refractivity contribution in [1.29, 1.82) is 0 Å². The Morgan fingerprint density at radius 1 is 1.26 bits per heavy atom. The molecule has 144 valence electrons. The van der Waals surface area contributed by atoms with Gasteiger partial charge in [-0.2, -0.15) is 5.10 Å². The fourth-order valence-electron chi connectivity index (χ4n) is 3.55. The first-order valence-corrected chi connectivity index (χ1v) is 11.2. The zero-order valence-corrected chi connectivity index (χ0v) is 15.9. The summed E-state index contributed by atoms with van der Waals surface area (Å²) in [5.74, 6) is 1.18. The molecule has 1 atom stereocenters. The minimum Gasteiger partial charge on any atom is -0.399 e. The number of sulfone groups is 1. The molecule has 1 saturated heterocycles. The molecule has 3 N–H and O–H groups in total. The Morgan fingerprint density at radius 3 is 2.70 bits per heavy atom. The molecule has 1 aromatic carbocycles. The average Bonchev–Trinajstić information content (AvgIpc) is 3.30. The largest absolute Gasteiger partial charge is 0.399 e. The van der Waals surface area contributed by atoms with Crippen molar-refractivity contribution in [3.05, 3.63) is 41.6 Å². The SMILES string of the molecule is Nc1ccccc1CCC(=O)Nc1cc(C2CC2)nn1C1CCS(=O)(=O)C1. The topological polar surface area (TPSA) is 107 Å². The minimum atomic E-state index is -3.02. The number of nitrogen functional groups attached to an aromatic ring is 1. The van der Waals surface area contributed by atoms with E-state index in [0.717, 1.165) is 24.1 Å². The summed E-state index contributed by atoms with van der Waals surface area (Å²) < 4.78 is 25.4. The molecule has 1 aliphatic carbocycles. The molecule has 0 radical (unpaired) electrons. The standard InChI is InChI=1S/C19H24N4O3S/c20-16-4-2-1-3-13(16)7-8-19(24)21-18-11-17(14-5-6-14)22-23(18)15-9-10-27(25,26)12-15/h1-4,11,14-15H,5-10,12,20H2,(H,21,24). The van der Waals surface area contributed by atoms with E-state index in [0.29, 0.717) is 36.7 Å².